The van der Waals surface area contributed by atoms with Crippen LogP contribution in [0.3, 0.4) is 0 Å². The lowest BCUT2D eigenvalue weighted by Crippen LogP contribution is -2.07. The van der Waals surface area contributed by atoms with Crippen molar-refractivity contribution in [1.82, 2.24) is 4.98 Å². The number of hydrogen-bond acceptors (Lipinski definition) is 4. The normalized spacial score (nSPS) is 10.7. The molecule has 1 N–H and O–H groups in total. The van der Waals surface area contributed by atoms with Crippen LogP contribution in [0.4, 0.5) is 5.13 Å². The van der Waals surface area contributed by atoms with Crippen molar-refractivity contribution in [2.45, 2.75) is 0 Å². The van der Waals surface area contributed by atoms with Gasteiger partial charge in [-0.25, -0.2) is 4.98 Å². The number of hydrogen-bond donors (Lipinski definition) is 1. The molecule has 0 fully saturated rings. The SMILES string of the molecule is COc1ccc(/C=C\C(=O)Nc2nc(-c3ccccc3)cs2)cc1. The summed E-state index contributed by atoms with van der Waals surface area (Å²) in [6.45, 7) is 0. The lowest BCUT2D eigenvalue weighted by Gasteiger charge is -1.99. The first-order valence-corrected chi connectivity index (χ1v) is 8.26. The van der Waals surface area contributed by atoms with Crippen LogP contribution in [0, 0.1) is 0 Å². The molecule has 0 aliphatic carbocycles. The summed E-state index contributed by atoms with van der Waals surface area (Å²) < 4.78 is 5.10. The number of amides is 1. The molecule has 1 aromatic heterocycles. The van der Waals surface area contributed by atoms with Gasteiger partial charge < -0.3 is 4.74 Å². The Bertz CT molecular complexity index is 839. The summed E-state index contributed by atoms with van der Waals surface area (Å²) in [5, 5.41) is 5.29. The molecule has 0 saturated heterocycles. The van der Waals surface area contributed by atoms with E-state index < -0.39 is 0 Å². The molecule has 0 radical (unpaired) electrons. The number of rotatable bonds is 5. The minimum Gasteiger partial charge on any atom is -0.497 e. The summed E-state index contributed by atoms with van der Waals surface area (Å²) in [6, 6.07) is 17.3. The minimum absolute atomic E-state index is 0.209. The van der Waals surface area contributed by atoms with Gasteiger partial charge in [0.2, 0.25) is 5.91 Å². The molecule has 0 aliphatic heterocycles. The quantitative estimate of drug-likeness (QED) is 0.699. The van der Waals surface area contributed by atoms with E-state index in [-0.39, 0.29) is 5.91 Å². The van der Waals surface area contributed by atoms with Gasteiger partial charge in [0.25, 0.3) is 0 Å². The highest BCUT2D eigenvalue weighted by atomic mass is 32.1. The molecule has 1 heterocycles. The molecule has 0 bridgehead atoms. The standard InChI is InChI=1S/C19H16N2O2S/c1-23-16-10-7-14(8-11-16)9-12-18(22)21-19-20-17(13-24-19)15-5-3-2-4-6-15/h2-13H,1H3,(H,20,21,22)/b12-9-. The van der Waals surface area contributed by atoms with Gasteiger partial charge >= 0.3 is 0 Å². The Hall–Kier alpha value is -2.92. The van der Waals surface area contributed by atoms with Crippen molar-refractivity contribution in [1.29, 1.82) is 0 Å². The second-order valence-corrected chi connectivity index (χ2v) is 5.86. The summed E-state index contributed by atoms with van der Waals surface area (Å²) in [7, 11) is 1.62. The number of ether oxygens (including phenoxy) is 1. The number of thiazole rings is 1. The van der Waals surface area contributed by atoms with Gasteiger partial charge in [0.05, 0.1) is 12.8 Å². The number of methoxy groups -OCH3 is 1. The second kappa shape index (κ2) is 7.57. The van der Waals surface area contributed by atoms with Gasteiger partial charge in [-0.1, -0.05) is 42.5 Å². The average Bonchev–Trinajstić information content (AvgIpc) is 3.09. The first-order valence-electron chi connectivity index (χ1n) is 7.38. The molecular weight excluding hydrogens is 320 g/mol. The molecule has 0 aliphatic rings. The lowest BCUT2D eigenvalue weighted by atomic mass is 10.2. The zero-order chi connectivity index (χ0) is 16.8. The number of carbonyl (C=O) groups excluding carboxylic acids is 1. The molecule has 24 heavy (non-hydrogen) atoms. The maximum Gasteiger partial charge on any atom is 0.250 e. The molecule has 3 rings (SSSR count). The number of nitrogens with zero attached hydrogens (tertiary/aromatic N) is 1. The van der Waals surface area contributed by atoms with Crippen molar-refractivity contribution < 1.29 is 9.53 Å². The third-order valence-corrected chi connectivity index (χ3v) is 4.10. The highest BCUT2D eigenvalue weighted by Crippen LogP contribution is 2.24. The van der Waals surface area contributed by atoms with Gasteiger partial charge in [-0.15, -0.1) is 11.3 Å². The molecule has 3 aromatic rings. The van der Waals surface area contributed by atoms with Gasteiger partial charge in [0.15, 0.2) is 5.13 Å². The summed E-state index contributed by atoms with van der Waals surface area (Å²) in [4.78, 5) is 16.4. The van der Waals surface area contributed by atoms with Crippen molar-refractivity contribution in [3.63, 3.8) is 0 Å². The van der Waals surface area contributed by atoms with Gasteiger partial charge in [-0.3, -0.25) is 10.1 Å². The zero-order valence-electron chi connectivity index (χ0n) is 13.1. The fourth-order valence-corrected chi connectivity index (χ4v) is 2.83. The van der Waals surface area contributed by atoms with E-state index in [4.69, 9.17) is 4.74 Å². The number of carbonyl (C=O) groups is 1. The fourth-order valence-electron chi connectivity index (χ4n) is 2.11. The van der Waals surface area contributed by atoms with E-state index in [9.17, 15) is 4.79 Å². The molecule has 0 atom stereocenters. The number of aromatic nitrogens is 1. The molecule has 0 unspecified atom stereocenters. The van der Waals surface area contributed by atoms with Crippen molar-refractivity contribution >= 4 is 28.5 Å². The van der Waals surface area contributed by atoms with Gasteiger partial charge in [0, 0.05) is 17.0 Å². The van der Waals surface area contributed by atoms with Crippen LogP contribution in [0.2, 0.25) is 0 Å². The van der Waals surface area contributed by atoms with E-state index in [1.165, 1.54) is 17.4 Å². The van der Waals surface area contributed by atoms with Crippen LogP contribution in [0.25, 0.3) is 17.3 Å². The van der Waals surface area contributed by atoms with Crippen molar-refractivity contribution in [2.24, 2.45) is 0 Å². The number of benzene rings is 2. The van der Waals surface area contributed by atoms with Gasteiger partial charge in [-0.05, 0) is 23.8 Å². The van der Waals surface area contributed by atoms with Crippen LogP contribution in [-0.2, 0) is 4.79 Å². The van der Waals surface area contributed by atoms with Crippen LogP contribution in [0.5, 0.6) is 5.75 Å². The topological polar surface area (TPSA) is 51.2 Å². The lowest BCUT2D eigenvalue weighted by molar-refractivity contribution is -0.111. The Labute approximate surface area is 144 Å². The monoisotopic (exact) mass is 336 g/mol. The highest BCUT2D eigenvalue weighted by molar-refractivity contribution is 7.14. The third-order valence-electron chi connectivity index (χ3n) is 3.35. The predicted octanol–water partition coefficient (Wildman–Crippen LogP) is 4.47. The van der Waals surface area contributed by atoms with Crippen LogP contribution in [0.1, 0.15) is 5.56 Å². The van der Waals surface area contributed by atoms with Crippen LogP contribution in [-0.4, -0.2) is 18.0 Å². The smallest absolute Gasteiger partial charge is 0.250 e. The van der Waals surface area contributed by atoms with E-state index in [0.717, 1.165) is 22.6 Å². The molecule has 1 amide bonds. The zero-order valence-corrected chi connectivity index (χ0v) is 13.9. The Kier molecular flexibility index (Phi) is 5.03. The number of anilines is 1. The van der Waals surface area contributed by atoms with E-state index >= 15 is 0 Å². The third kappa shape index (κ3) is 4.08. The van der Waals surface area contributed by atoms with Crippen LogP contribution >= 0.6 is 11.3 Å². The van der Waals surface area contributed by atoms with Crippen LogP contribution in [0.15, 0.2) is 66.1 Å². The largest absolute Gasteiger partial charge is 0.497 e. The Morgan fingerprint density at radius 3 is 2.58 bits per heavy atom. The fraction of sp³-hybridized carbons (Fsp3) is 0.0526. The van der Waals surface area contributed by atoms with Crippen LogP contribution < -0.4 is 10.1 Å². The van der Waals surface area contributed by atoms with Gasteiger partial charge in [0.1, 0.15) is 5.75 Å². The maximum absolute atomic E-state index is 12.0. The molecule has 120 valence electrons. The molecule has 4 nitrogen and oxygen atoms in total. The van der Waals surface area contributed by atoms with E-state index in [1.807, 2.05) is 60.0 Å². The molecule has 5 heteroatoms. The molecular formula is C19H16N2O2S. The van der Waals surface area contributed by atoms with Gasteiger partial charge in [-0.2, -0.15) is 0 Å². The van der Waals surface area contributed by atoms with Crippen molar-refractivity contribution in [3.05, 3.63) is 71.6 Å². The van der Waals surface area contributed by atoms with Crippen molar-refractivity contribution in [2.75, 3.05) is 12.4 Å². The van der Waals surface area contributed by atoms with E-state index in [0.29, 0.717) is 5.13 Å². The summed E-state index contributed by atoms with van der Waals surface area (Å²) in [6.07, 6.45) is 3.24. The minimum atomic E-state index is -0.209. The highest BCUT2D eigenvalue weighted by Gasteiger charge is 2.05. The number of nitrogens with one attached hydrogen (secondary N) is 1. The van der Waals surface area contributed by atoms with E-state index in [2.05, 4.69) is 10.3 Å². The summed E-state index contributed by atoms with van der Waals surface area (Å²) >= 11 is 1.41. The summed E-state index contributed by atoms with van der Waals surface area (Å²) in [5.41, 5.74) is 2.81. The molecule has 0 spiro atoms. The average molecular weight is 336 g/mol. The Morgan fingerprint density at radius 1 is 1.12 bits per heavy atom. The second-order valence-electron chi connectivity index (χ2n) is 5.00. The first-order chi connectivity index (χ1) is 11.7. The predicted molar refractivity (Wildman–Crippen MR) is 98.2 cm³/mol. The Balaban J connectivity index is 1.62. The molecule has 0 saturated carbocycles. The Morgan fingerprint density at radius 2 is 1.88 bits per heavy atom. The maximum atomic E-state index is 12.0. The first kappa shape index (κ1) is 16.0. The van der Waals surface area contributed by atoms with Crippen molar-refractivity contribution in [3.8, 4) is 17.0 Å². The summed E-state index contributed by atoms with van der Waals surface area (Å²) in [5.74, 6) is 0.576. The van der Waals surface area contributed by atoms with E-state index in [1.54, 1.807) is 13.2 Å². The molecule has 2 aromatic carbocycles.